The summed E-state index contributed by atoms with van der Waals surface area (Å²) in [5.74, 6) is 1.99. The normalized spacial score (nSPS) is 11.6. The maximum atomic E-state index is 12.9. The Bertz CT molecular complexity index is 1240. The zero-order valence-corrected chi connectivity index (χ0v) is 20.1. The number of carbonyl (C=O) groups is 1. The van der Waals surface area contributed by atoms with Crippen molar-refractivity contribution in [3.05, 3.63) is 90.3 Å². The number of rotatable bonds is 9. The van der Waals surface area contributed by atoms with Gasteiger partial charge in [-0.15, -0.1) is 10.2 Å². The maximum Gasteiger partial charge on any atom is 0.237 e. The molecule has 0 fully saturated rings. The van der Waals surface area contributed by atoms with Gasteiger partial charge in [-0.2, -0.15) is 0 Å². The first kappa shape index (κ1) is 23.4. The third-order valence-electron chi connectivity index (χ3n) is 5.20. The van der Waals surface area contributed by atoms with Crippen LogP contribution in [0.3, 0.4) is 0 Å². The van der Waals surface area contributed by atoms with Crippen molar-refractivity contribution in [2.24, 2.45) is 0 Å². The summed E-state index contributed by atoms with van der Waals surface area (Å²) >= 11 is 1.35. The summed E-state index contributed by atoms with van der Waals surface area (Å²) in [6, 6.07) is 24.9. The van der Waals surface area contributed by atoms with E-state index < -0.39 is 0 Å². The lowest BCUT2D eigenvalue weighted by atomic mass is 10.2. The van der Waals surface area contributed by atoms with Crippen LogP contribution in [-0.4, -0.2) is 33.0 Å². The van der Waals surface area contributed by atoms with Crippen molar-refractivity contribution < 1.29 is 14.3 Å². The average Bonchev–Trinajstić information content (AvgIpc) is 3.27. The van der Waals surface area contributed by atoms with Crippen LogP contribution in [0.5, 0.6) is 11.5 Å². The smallest absolute Gasteiger partial charge is 0.237 e. The highest BCUT2D eigenvalue weighted by Gasteiger charge is 2.22. The first-order chi connectivity index (χ1) is 16.5. The predicted molar refractivity (Wildman–Crippen MR) is 134 cm³/mol. The molecule has 0 spiro atoms. The van der Waals surface area contributed by atoms with Crippen molar-refractivity contribution in [3.8, 4) is 17.2 Å². The second kappa shape index (κ2) is 10.9. The fourth-order valence-corrected chi connectivity index (χ4v) is 4.17. The lowest BCUT2D eigenvalue weighted by Gasteiger charge is -2.15. The first-order valence-corrected chi connectivity index (χ1v) is 11.7. The van der Waals surface area contributed by atoms with E-state index in [2.05, 4.69) is 15.5 Å². The molecule has 1 heterocycles. The fraction of sp³-hybridized carbons (Fsp3) is 0.192. The highest BCUT2D eigenvalue weighted by molar-refractivity contribution is 8.00. The third-order valence-corrected chi connectivity index (χ3v) is 6.24. The molecule has 4 aromatic rings. The quantitative estimate of drug-likeness (QED) is 0.333. The molecule has 34 heavy (non-hydrogen) atoms. The number of para-hydroxylation sites is 2. The van der Waals surface area contributed by atoms with Gasteiger partial charge in [0.1, 0.15) is 18.1 Å². The Kier molecular flexibility index (Phi) is 7.49. The zero-order chi connectivity index (χ0) is 23.9. The number of amides is 1. The van der Waals surface area contributed by atoms with E-state index in [4.69, 9.17) is 9.47 Å². The minimum atomic E-state index is -0.387. The summed E-state index contributed by atoms with van der Waals surface area (Å²) in [5.41, 5.74) is 2.71. The number of methoxy groups -OCH3 is 1. The van der Waals surface area contributed by atoms with Gasteiger partial charge in [-0.05, 0) is 61.9 Å². The molecule has 7 nitrogen and oxygen atoms in total. The van der Waals surface area contributed by atoms with Gasteiger partial charge < -0.3 is 14.8 Å². The van der Waals surface area contributed by atoms with E-state index in [0.29, 0.717) is 16.7 Å². The molecule has 0 saturated carbocycles. The minimum absolute atomic E-state index is 0.0991. The van der Waals surface area contributed by atoms with E-state index in [0.717, 1.165) is 22.7 Å². The van der Waals surface area contributed by atoms with Gasteiger partial charge in [-0.3, -0.25) is 9.36 Å². The Morgan fingerprint density at radius 2 is 1.65 bits per heavy atom. The van der Waals surface area contributed by atoms with E-state index >= 15 is 0 Å². The Morgan fingerprint density at radius 1 is 0.971 bits per heavy atom. The minimum Gasteiger partial charge on any atom is -0.497 e. The number of hydrogen-bond donors (Lipinski definition) is 1. The van der Waals surface area contributed by atoms with Crippen molar-refractivity contribution in [2.45, 2.75) is 30.9 Å². The SMILES string of the molecule is COc1ccc(OCc2nnc(S[C@H](C)C(=O)Nc3ccccc3C)n2-c2ccccc2)cc1. The summed E-state index contributed by atoms with van der Waals surface area (Å²) < 4.78 is 13.1. The van der Waals surface area contributed by atoms with Gasteiger partial charge in [0.15, 0.2) is 11.0 Å². The van der Waals surface area contributed by atoms with Crippen LogP contribution in [0, 0.1) is 6.92 Å². The van der Waals surface area contributed by atoms with Crippen molar-refractivity contribution in [1.82, 2.24) is 14.8 Å². The van der Waals surface area contributed by atoms with Gasteiger partial charge in [0.25, 0.3) is 0 Å². The summed E-state index contributed by atoms with van der Waals surface area (Å²) in [4.78, 5) is 12.9. The number of nitrogens with one attached hydrogen (secondary N) is 1. The molecular formula is C26H26N4O3S. The van der Waals surface area contributed by atoms with E-state index in [1.54, 1.807) is 7.11 Å². The second-order valence-corrected chi connectivity index (χ2v) is 8.91. The summed E-state index contributed by atoms with van der Waals surface area (Å²) in [7, 11) is 1.62. The molecule has 0 aliphatic rings. The Morgan fingerprint density at radius 3 is 2.35 bits per heavy atom. The molecule has 0 aliphatic carbocycles. The number of thioether (sulfide) groups is 1. The van der Waals surface area contributed by atoms with Crippen LogP contribution < -0.4 is 14.8 Å². The van der Waals surface area contributed by atoms with Crippen molar-refractivity contribution in [2.75, 3.05) is 12.4 Å². The third kappa shape index (κ3) is 5.58. The molecule has 4 rings (SSSR count). The molecule has 8 heteroatoms. The molecule has 0 aliphatic heterocycles. The molecule has 1 N–H and O–H groups in total. The first-order valence-electron chi connectivity index (χ1n) is 10.8. The van der Waals surface area contributed by atoms with Crippen LogP contribution in [0.1, 0.15) is 18.3 Å². The molecule has 0 saturated heterocycles. The van der Waals surface area contributed by atoms with Gasteiger partial charge in [0, 0.05) is 11.4 Å². The van der Waals surface area contributed by atoms with Crippen LogP contribution in [0.25, 0.3) is 5.69 Å². The molecule has 174 valence electrons. The lowest BCUT2D eigenvalue weighted by Crippen LogP contribution is -2.23. The Labute approximate surface area is 203 Å². The topological polar surface area (TPSA) is 78.3 Å². The number of carbonyl (C=O) groups excluding carboxylic acids is 1. The van der Waals surface area contributed by atoms with Gasteiger partial charge in [-0.1, -0.05) is 48.2 Å². The predicted octanol–water partition coefficient (Wildman–Crippen LogP) is 5.28. The number of aryl methyl sites for hydroxylation is 1. The van der Waals surface area contributed by atoms with E-state index in [1.807, 2.05) is 97.3 Å². The maximum absolute atomic E-state index is 12.9. The van der Waals surface area contributed by atoms with E-state index in [9.17, 15) is 4.79 Å². The highest BCUT2D eigenvalue weighted by Crippen LogP contribution is 2.28. The number of hydrogen-bond acceptors (Lipinski definition) is 6. The highest BCUT2D eigenvalue weighted by atomic mass is 32.2. The van der Waals surface area contributed by atoms with Crippen LogP contribution in [0.2, 0.25) is 0 Å². The molecular weight excluding hydrogens is 448 g/mol. The van der Waals surface area contributed by atoms with E-state index in [-0.39, 0.29) is 17.8 Å². The molecule has 1 aromatic heterocycles. The Hall–Kier alpha value is -3.78. The van der Waals surface area contributed by atoms with Crippen molar-refractivity contribution >= 4 is 23.4 Å². The van der Waals surface area contributed by atoms with Gasteiger partial charge >= 0.3 is 0 Å². The largest absolute Gasteiger partial charge is 0.497 e. The summed E-state index contributed by atoms with van der Waals surface area (Å²) in [6.07, 6.45) is 0. The van der Waals surface area contributed by atoms with Crippen LogP contribution in [-0.2, 0) is 11.4 Å². The fourth-order valence-electron chi connectivity index (χ4n) is 3.29. The molecule has 0 radical (unpaired) electrons. The number of benzene rings is 3. The molecule has 0 bridgehead atoms. The van der Waals surface area contributed by atoms with Crippen LogP contribution >= 0.6 is 11.8 Å². The van der Waals surface area contributed by atoms with Crippen LogP contribution in [0.15, 0.2) is 84.0 Å². The Balaban J connectivity index is 1.53. The van der Waals surface area contributed by atoms with Gasteiger partial charge in [0.2, 0.25) is 5.91 Å². The number of nitrogens with zero attached hydrogens (tertiary/aromatic N) is 3. The monoisotopic (exact) mass is 474 g/mol. The zero-order valence-electron chi connectivity index (χ0n) is 19.3. The summed E-state index contributed by atoms with van der Waals surface area (Å²) in [6.45, 7) is 4.04. The molecule has 1 amide bonds. The standard InChI is InChI=1S/C26H26N4O3S/c1-18-9-7-8-12-23(18)27-25(31)19(2)34-26-29-28-24(30(26)20-10-5-4-6-11-20)17-33-22-15-13-21(32-3)14-16-22/h4-16,19H,17H2,1-3H3,(H,27,31)/t19-/m1/s1. The summed E-state index contributed by atoms with van der Waals surface area (Å²) in [5, 5.41) is 12.0. The van der Waals surface area contributed by atoms with Crippen LogP contribution in [0.4, 0.5) is 5.69 Å². The molecule has 1 atom stereocenters. The second-order valence-electron chi connectivity index (χ2n) is 7.60. The number of aromatic nitrogens is 3. The van der Waals surface area contributed by atoms with Crippen molar-refractivity contribution in [3.63, 3.8) is 0 Å². The van der Waals surface area contributed by atoms with Gasteiger partial charge in [-0.25, -0.2) is 0 Å². The molecule has 0 unspecified atom stereocenters. The molecule has 3 aromatic carbocycles. The lowest BCUT2D eigenvalue weighted by molar-refractivity contribution is -0.115. The van der Waals surface area contributed by atoms with Gasteiger partial charge in [0.05, 0.1) is 12.4 Å². The van der Waals surface area contributed by atoms with E-state index in [1.165, 1.54) is 11.8 Å². The number of ether oxygens (including phenoxy) is 2. The average molecular weight is 475 g/mol. The number of anilines is 1. The van der Waals surface area contributed by atoms with Crippen molar-refractivity contribution in [1.29, 1.82) is 0 Å².